The lowest BCUT2D eigenvalue weighted by Gasteiger charge is -2.25. The Kier molecular flexibility index (Phi) is 6.32. The third kappa shape index (κ3) is 7.27. The minimum absolute atomic E-state index is 0.0358. The summed E-state index contributed by atoms with van der Waals surface area (Å²) in [6.07, 6.45) is 0.754. The zero-order valence-electron chi connectivity index (χ0n) is 12.1. The quantitative estimate of drug-likeness (QED) is 0.660. The summed E-state index contributed by atoms with van der Waals surface area (Å²) in [5.41, 5.74) is -0.855. The van der Waals surface area contributed by atoms with Crippen LogP contribution in [0.2, 0.25) is 0 Å². The molecule has 2 amide bonds. The van der Waals surface area contributed by atoms with Crippen molar-refractivity contribution in [2.45, 2.75) is 53.0 Å². The van der Waals surface area contributed by atoms with Crippen molar-refractivity contribution in [1.82, 2.24) is 10.6 Å². The molecule has 5 heteroatoms. The summed E-state index contributed by atoms with van der Waals surface area (Å²) in [6, 6.07) is 0. The highest BCUT2D eigenvalue weighted by Gasteiger charge is 2.22. The Morgan fingerprint density at radius 2 is 1.67 bits per heavy atom. The fraction of sp³-hybridized carbons (Fsp3) is 0.846. The van der Waals surface area contributed by atoms with Gasteiger partial charge in [-0.15, -0.1) is 0 Å². The molecule has 0 bridgehead atoms. The van der Waals surface area contributed by atoms with Gasteiger partial charge in [0.2, 0.25) is 11.8 Å². The van der Waals surface area contributed by atoms with Crippen molar-refractivity contribution in [3.05, 3.63) is 0 Å². The van der Waals surface area contributed by atoms with Crippen LogP contribution >= 0.6 is 0 Å². The first-order chi connectivity index (χ1) is 8.08. The van der Waals surface area contributed by atoms with E-state index in [9.17, 15) is 9.59 Å². The molecule has 106 valence electrons. The van der Waals surface area contributed by atoms with Gasteiger partial charge in [0.25, 0.3) is 0 Å². The van der Waals surface area contributed by atoms with E-state index in [4.69, 9.17) is 5.11 Å². The third-order valence-corrected chi connectivity index (χ3v) is 2.53. The molecule has 0 aliphatic heterocycles. The fourth-order valence-corrected chi connectivity index (χ4v) is 1.34. The van der Waals surface area contributed by atoms with Crippen LogP contribution in [0.4, 0.5) is 0 Å². The summed E-state index contributed by atoms with van der Waals surface area (Å²) >= 11 is 0. The van der Waals surface area contributed by atoms with E-state index in [1.165, 1.54) is 0 Å². The topological polar surface area (TPSA) is 78.4 Å². The van der Waals surface area contributed by atoms with E-state index in [2.05, 4.69) is 10.6 Å². The number of rotatable bonds is 6. The molecule has 0 aromatic carbocycles. The lowest BCUT2D eigenvalue weighted by Crippen LogP contribution is -2.45. The average molecular weight is 258 g/mol. The molecule has 0 spiro atoms. The van der Waals surface area contributed by atoms with Gasteiger partial charge in [-0.1, -0.05) is 20.8 Å². The molecule has 0 radical (unpaired) electrons. The molecule has 0 fully saturated rings. The van der Waals surface area contributed by atoms with Crippen molar-refractivity contribution < 1.29 is 14.7 Å². The number of nitrogens with one attached hydrogen (secondary N) is 2. The van der Waals surface area contributed by atoms with Crippen LogP contribution in [-0.4, -0.2) is 35.6 Å². The van der Waals surface area contributed by atoms with Crippen LogP contribution in [0.3, 0.4) is 0 Å². The molecule has 0 unspecified atom stereocenters. The molecule has 0 aliphatic carbocycles. The molecule has 3 N–H and O–H groups in total. The normalized spacial score (nSPS) is 12.1. The Hall–Kier alpha value is -1.10. The van der Waals surface area contributed by atoms with Gasteiger partial charge >= 0.3 is 0 Å². The molecule has 0 rings (SSSR count). The number of amides is 2. The van der Waals surface area contributed by atoms with Gasteiger partial charge in [0, 0.05) is 30.5 Å². The summed E-state index contributed by atoms with van der Waals surface area (Å²) in [5, 5.41) is 14.4. The van der Waals surface area contributed by atoms with E-state index < -0.39 is 11.0 Å². The van der Waals surface area contributed by atoms with Crippen molar-refractivity contribution in [3.8, 4) is 0 Å². The lowest BCUT2D eigenvalue weighted by atomic mass is 9.96. The maximum atomic E-state index is 11.6. The Bertz CT molecular complexity index is 293. The Morgan fingerprint density at radius 3 is 2.11 bits per heavy atom. The van der Waals surface area contributed by atoms with E-state index in [0.717, 1.165) is 0 Å². The average Bonchev–Trinajstić information content (AvgIpc) is 2.14. The minimum atomic E-state index is -0.438. The molecular weight excluding hydrogens is 232 g/mol. The smallest absolute Gasteiger partial charge is 0.225 e. The summed E-state index contributed by atoms with van der Waals surface area (Å²) < 4.78 is 0. The van der Waals surface area contributed by atoms with E-state index in [1.54, 1.807) is 0 Å². The maximum absolute atomic E-state index is 11.6. The van der Waals surface area contributed by atoms with E-state index >= 15 is 0 Å². The van der Waals surface area contributed by atoms with Gasteiger partial charge in [-0.3, -0.25) is 9.59 Å². The highest BCUT2D eigenvalue weighted by Crippen LogP contribution is 2.12. The Balaban J connectivity index is 3.96. The SMILES string of the molecule is CC(C)(CCO)NC(=O)CCNC(=O)C(C)(C)C. The molecular formula is C13H26N2O3. The van der Waals surface area contributed by atoms with E-state index in [1.807, 2.05) is 34.6 Å². The monoisotopic (exact) mass is 258 g/mol. The second-order valence-electron chi connectivity index (χ2n) is 6.16. The van der Waals surface area contributed by atoms with Crippen LogP contribution < -0.4 is 10.6 Å². The van der Waals surface area contributed by atoms with E-state index in [-0.39, 0.29) is 24.8 Å². The van der Waals surface area contributed by atoms with Gasteiger partial charge in [0.05, 0.1) is 0 Å². The van der Waals surface area contributed by atoms with Crippen molar-refractivity contribution >= 4 is 11.8 Å². The van der Waals surface area contributed by atoms with Gasteiger partial charge in [0.15, 0.2) is 0 Å². The molecule has 0 aromatic heterocycles. The van der Waals surface area contributed by atoms with Gasteiger partial charge in [-0.05, 0) is 20.3 Å². The molecule has 0 saturated heterocycles. The molecule has 0 atom stereocenters. The number of aliphatic hydroxyl groups is 1. The van der Waals surface area contributed by atoms with Crippen LogP contribution in [-0.2, 0) is 9.59 Å². The van der Waals surface area contributed by atoms with Crippen LogP contribution in [0.5, 0.6) is 0 Å². The van der Waals surface area contributed by atoms with Gasteiger partial charge in [0.1, 0.15) is 0 Å². The van der Waals surface area contributed by atoms with Gasteiger partial charge in [-0.2, -0.15) is 0 Å². The first-order valence-electron chi connectivity index (χ1n) is 6.29. The molecule has 5 nitrogen and oxygen atoms in total. The fourth-order valence-electron chi connectivity index (χ4n) is 1.34. The maximum Gasteiger partial charge on any atom is 0.225 e. The summed E-state index contributed by atoms with van der Waals surface area (Å²) in [4.78, 5) is 23.2. The zero-order valence-corrected chi connectivity index (χ0v) is 12.1. The molecule has 0 saturated carbocycles. The molecule has 0 aromatic rings. The van der Waals surface area contributed by atoms with Crippen molar-refractivity contribution in [3.63, 3.8) is 0 Å². The van der Waals surface area contributed by atoms with Crippen LogP contribution in [0.15, 0.2) is 0 Å². The second kappa shape index (κ2) is 6.73. The predicted molar refractivity (Wildman–Crippen MR) is 71.0 cm³/mol. The number of carbonyl (C=O) groups excluding carboxylic acids is 2. The summed E-state index contributed by atoms with van der Waals surface area (Å²) in [6.45, 7) is 9.56. The highest BCUT2D eigenvalue weighted by atomic mass is 16.3. The molecule has 0 heterocycles. The van der Waals surface area contributed by atoms with Crippen LogP contribution in [0.25, 0.3) is 0 Å². The van der Waals surface area contributed by atoms with Crippen molar-refractivity contribution in [2.24, 2.45) is 5.41 Å². The Labute approximate surface area is 109 Å². The molecule has 18 heavy (non-hydrogen) atoms. The lowest BCUT2D eigenvalue weighted by molar-refractivity contribution is -0.128. The van der Waals surface area contributed by atoms with Gasteiger partial charge < -0.3 is 15.7 Å². The first-order valence-corrected chi connectivity index (χ1v) is 6.29. The number of hydrogen-bond donors (Lipinski definition) is 3. The van der Waals surface area contributed by atoms with Crippen molar-refractivity contribution in [1.29, 1.82) is 0 Å². The second-order valence-corrected chi connectivity index (χ2v) is 6.16. The Morgan fingerprint density at radius 1 is 1.11 bits per heavy atom. The number of aliphatic hydroxyl groups excluding tert-OH is 1. The van der Waals surface area contributed by atoms with Crippen molar-refractivity contribution in [2.75, 3.05) is 13.2 Å². The zero-order chi connectivity index (χ0) is 14.4. The summed E-state index contributed by atoms with van der Waals surface area (Å²) in [5.74, 6) is -0.187. The highest BCUT2D eigenvalue weighted by molar-refractivity contribution is 5.82. The third-order valence-electron chi connectivity index (χ3n) is 2.53. The number of carbonyl (C=O) groups is 2. The standard InChI is InChI=1S/C13H26N2O3/c1-12(2,3)11(18)14-8-6-10(17)15-13(4,5)7-9-16/h16H,6-9H2,1-5H3,(H,14,18)(H,15,17). The predicted octanol–water partition coefficient (Wildman–Crippen LogP) is 0.816. The minimum Gasteiger partial charge on any atom is -0.396 e. The largest absolute Gasteiger partial charge is 0.396 e. The van der Waals surface area contributed by atoms with Gasteiger partial charge in [-0.25, -0.2) is 0 Å². The van der Waals surface area contributed by atoms with E-state index in [0.29, 0.717) is 13.0 Å². The van der Waals surface area contributed by atoms with Crippen LogP contribution in [0, 0.1) is 5.41 Å². The first kappa shape index (κ1) is 16.9. The molecule has 0 aliphatic rings. The summed E-state index contributed by atoms with van der Waals surface area (Å²) in [7, 11) is 0. The van der Waals surface area contributed by atoms with Crippen LogP contribution in [0.1, 0.15) is 47.5 Å². The number of hydrogen-bond acceptors (Lipinski definition) is 3.